The number of benzene rings is 1. The highest BCUT2D eigenvalue weighted by Crippen LogP contribution is 2.35. The lowest BCUT2D eigenvalue weighted by molar-refractivity contribution is 0.0926. The number of amides is 1. The van der Waals surface area contributed by atoms with E-state index in [1.54, 1.807) is 0 Å². The summed E-state index contributed by atoms with van der Waals surface area (Å²) in [5.41, 5.74) is 6.52. The van der Waals surface area contributed by atoms with Crippen molar-refractivity contribution in [2.24, 2.45) is 0 Å². The van der Waals surface area contributed by atoms with Crippen molar-refractivity contribution < 1.29 is 4.79 Å². The zero-order valence-corrected chi connectivity index (χ0v) is 13.5. The number of H-pyrrole nitrogens is 2. The molecule has 2 heterocycles. The van der Waals surface area contributed by atoms with E-state index < -0.39 is 0 Å². The largest absolute Gasteiger partial charge is 0.356 e. The number of aryl methyl sites for hydroxylation is 2. The van der Waals surface area contributed by atoms with Gasteiger partial charge in [0.05, 0.1) is 6.04 Å². The van der Waals surface area contributed by atoms with Crippen molar-refractivity contribution in [3.05, 3.63) is 52.5 Å². The third-order valence-electron chi connectivity index (χ3n) is 5.44. The van der Waals surface area contributed by atoms with Crippen molar-refractivity contribution in [1.82, 2.24) is 20.5 Å². The number of aromatic nitrogens is 3. The standard InChI is InChI=1S/C19H20N4O/c24-19(18-13-7-4-9-15(13)22-23-18)21-16-10-3-6-12-11-5-1-2-8-14(11)20-17(12)16/h1-2,5,8,16,20H,3-4,6-7,9-10H2,(H,21,24)(H,22,23)/t16-/m0/s1. The van der Waals surface area contributed by atoms with Gasteiger partial charge in [0.1, 0.15) is 0 Å². The van der Waals surface area contributed by atoms with Crippen molar-refractivity contribution in [3.8, 4) is 0 Å². The first-order valence-electron chi connectivity index (χ1n) is 8.77. The second-order valence-corrected chi connectivity index (χ2v) is 6.86. The Kier molecular flexibility index (Phi) is 3.01. The Morgan fingerprint density at radius 1 is 1.12 bits per heavy atom. The van der Waals surface area contributed by atoms with Gasteiger partial charge in [-0.05, 0) is 50.2 Å². The lowest BCUT2D eigenvalue weighted by Gasteiger charge is -2.23. The van der Waals surface area contributed by atoms with Crippen LogP contribution in [0.3, 0.4) is 0 Å². The molecule has 2 aliphatic rings. The zero-order chi connectivity index (χ0) is 16.1. The number of rotatable bonds is 2. The Labute approximate surface area is 139 Å². The highest BCUT2D eigenvalue weighted by molar-refractivity contribution is 5.94. The molecular formula is C19H20N4O. The van der Waals surface area contributed by atoms with E-state index >= 15 is 0 Å². The van der Waals surface area contributed by atoms with Crippen molar-refractivity contribution in [2.45, 2.75) is 44.6 Å². The molecule has 5 heteroatoms. The maximum Gasteiger partial charge on any atom is 0.272 e. The van der Waals surface area contributed by atoms with Crippen LogP contribution in [0.15, 0.2) is 24.3 Å². The van der Waals surface area contributed by atoms with Gasteiger partial charge in [0.2, 0.25) is 0 Å². The van der Waals surface area contributed by atoms with Crippen LogP contribution < -0.4 is 5.32 Å². The third kappa shape index (κ3) is 2.00. The molecule has 0 unspecified atom stereocenters. The first-order valence-corrected chi connectivity index (χ1v) is 8.77. The summed E-state index contributed by atoms with van der Waals surface area (Å²) in [7, 11) is 0. The molecule has 1 amide bonds. The SMILES string of the molecule is O=C(N[C@H]1CCCc2c1[nH]c1ccccc21)c1n[nH]c2c1CCC2. The van der Waals surface area contributed by atoms with Gasteiger partial charge < -0.3 is 10.3 Å². The maximum absolute atomic E-state index is 12.8. The maximum atomic E-state index is 12.8. The summed E-state index contributed by atoms with van der Waals surface area (Å²) in [6.45, 7) is 0. The quantitative estimate of drug-likeness (QED) is 0.678. The fraction of sp³-hybridized carbons (Fsp3) is 0.368. The van der Waals surface area contributed by atoms with E-state index in [4.69, 9.17) is 0 Å². The number of carbonyl (C=O) groups is 1. The van der Waals surface area contributed by atoms with Crippen molar-refractivity contribution in [1.29, 1.82) is 0 Å². The van der Waals surface area contributed by atoms with E-state index in [2.05, 4.69) is 38.7 Å². The van der Waals surface area contributed by atoms with Gasteiger partial charge in [0.25, 0.3) is 5.91 Å². The van der Waals surface area contributed by atoms with Crippen LogP contribution in [0.4, 0.5) is 0 Å². The summed E-state index contributed by atoms with van der Waals surface area (Å²) in [5.74, 6) is -0.0501. The number of hydrogen-bond acceptors (Lipinski definition) is 2. The van der Waals surface area contributed by atoms with Gasteiger partial charge in [-0.3, -0.25) is 9.89 Å². The summed E-state index contributed by atoms with van der Waals surface area (Å²) in [6, 6.07) is 8.43. The van der Waals surface area contributed by atoms with Crippen molar-refractivity contribution in [2.75, 3.05) is 0 Å². The molecule has 0 fully saturated rings. The van der Waals surface area contributed by atoms with Gasteiger partial charge in [-0.2, -0.15) is 5.10 Å². The topological polar surface area (TPSA) is 73.6 Å². The average molecular weight is 320 g/mol. The Bertz CT molecular complexity index is 936. The lowest BCUT2D eigenvalue weighted by atomic mass is 9.91. The van der Waals surface area contributed by atoms with Gasteiger partial charge in [-0.1, -0.05) is 18.2 Å². The van der Waals surface area contributed by atoms with E-state index in [0.717, 1.165) is 55.3 Å². The van der Waals surface area contributed by atoms with Crippen molar-refractivity contribution in [3.63, 3.8) is 0 Å². The molecule has 0 spiro atoms. The molecule has 0 saturated heterocycles. The zero-order valence-electron chi connectivity index (χ0n) is 13.5. The Balaban J connectivity index is 1.47. The average Bonchev–Trinajstić information content (AvgIpc) is 3.28. The van der Waals surface area contributed by atoms with Crippen LogP contribution in [0.1, 0.15) is 58.3 Å². The molecular weight excluding hydrogens is 300 g/mol. The molecule has 0 aliphatic heterocycles. The van der Waals surface area contributed by atoms with Gasteiger partial charge in [-0.25, -0.2) is 0 Å². The number of fused-ring (bicyclic) bond motifs is 4. The lowest BCUT2D eigenvalue weighted by Crippen LogP contribution is -2.31. The molecule has 122 valence electrons. The molecule has 0 radical (unpaired) electrons. The molecule has 24 heavy (non-hydrogen) atoms. The highest BCUT2D eigenvalue weighted by Gasteiger charge is 2.28. The van der Waals surface area contributed by atoms with Crippen LogP contribution in [0.25, 0.3) is 10.9 Å². The molecule has 0 saturated carbocycles. The molecule has 2 aliphatic carbocycles. The number of nitrogens with one attached hydrogen (secondary N) is 3. The number of nitrogens with zero attached hydrogens (tertiary/aromatic N) is 1. The van der Waals surface area contributed by atoms with Crippen LogP contribution in [0, 0.1) is 0 Å². The summed E-state index contributed by atoms with van der Waals surface area (Å²) in [6.07, 6.45) is 6.21. The Hall–Kier alpha value is -2.56. The van der Waals surface area contributed by atoms with Crippen LogP contribution >= 0.6 is 0 Å². The summed E-state index contributed by atoms with van der Waals surface area (Å²) in [4.78, 5) is 16.3. The fourth-order valence-electron chi connectivity index (χ4n) is 4.29. The second-order valence-electron chi connectivity index (χ2n) is 6.86. The summed E-state index contributed by atoms with van der Waals surface area (Å²) < 4.78 is 0. The molecule has 1 atom stereocenters. The molecule has 0 bridgehead atoms. The number of carbonyl (C=O) groups excluding carboxylic acids is 1. The van der Waals surface area contributed by atoms with Crippen LogP contribution in [0.5, 0.6) is 0 Å². The fourth-order valence-corrected chi connectivity index (χ4v) is 4.29. The third-order valence-corrected chi connectivity index (χ3v) is 5.44. The molecule has 2 aromatic heterocycles. The first-order chi connectivity index (χ1) is 11.8. The van der Waals surface area contributed by atoms with E-state index in [1.807, 2.05) is 6.07 Å². The molecule has 1 aromatic carbocycles. The Morgan fingerprint density at radius 2 is 2.00 bits per heavy atom. The minimum atomic E-state index is -0.0501. The Morgan fingerprint density at radius 3 is 2.96 bits per heavy atom. The number of para-hydroxylation sites is 1. The summed E-state index contributed by atoms with van der Waals surface area (Å²) in [5, 5.41) is 11.8. The van der Waals surface area contributed by atoms with E-state index in [0.29, 0.717) is 5.69 Å². The molecule has 5 nitrogen and oxygen atoms in total. The number of aromatic amines is 2. The first kappa shape index (κ1) is 13.8. The monoisotopic (exact) mass is 320 g/mol. The van der Waals surface area contributed by atoms with E-state index in [1.165, 1.54) is 16.6 Å². The predicted molar refractivity (Wildman–Crippen MR) is 92.1 cm³/mol. The summed E-state index contributed by atoms with van der Waals surface area (Å²) >= 11 is 0. The van der Waals surface area contributed by atoms with Crippen LogP contribution in [0.2, 0.25) is 0 Å². The number of hydrogen-bond donors (Lipinski definition) is 3. The van der Waals surface area contributed by atoms with Crippen molar-refractivity contribution >= 4 is 16.8 Å². The van der Waals surface area contributed by atoms with Gasteiger partial charge in [0.15, 0.2) is 5.69 Å². The molecule has 3 N–H and O–H groups in total. The molecule has 3 aromatic rings. The minimum Gasteiger partial charge on any atom is -0.356 e. The van der Waals surface area contributed by atoms with Gasteiger partial charge in [0, 0.05) is 27.9 Å². The molecule has 5 rings (SSSR count). The highest BCUT2D eigenvalue weighted by atomic mass is 16.2. The van der Waals surface area contributed by atoms with E-state index in [9.17, 15) is 4.79 Å². The van der Waals surface area contributed by atoms with Gasteiger partial charge >= 0.3 is 0 Å². The normalized spacial score (nSPS) is 19.2. The van der Waals surface area contributed by atoms with Crippen LogP contribution in [-0.4, -0.2) is 21.1 Å². The van der Waals surface area contributed by atoms with Crippen LogP contribution in [-0.2, 0) is 19.3 Å². The minimum absolute atomic E-state index is 0.0439. The smallest absolute Gasteiger partial charge is 0.272 e. The predicted octanol–water partition coefficient (Wildman–Crippen LogP) is 3.19. The van der Waals surface area contributed by atoms with Gasteiger partial charge in [-0.15, -0.1) is 0 Å². The second kappa shape index (κ2) is 5.23. The van der Waals surface area contributed by atoms with E-state index in [-0.39, 0.29) is 11.9 Å².